The van der Waals surface area contributed by atoms with Crippen molar-refractivity contribution < 1.29 is 13.9 Å². The third kappa shape index (κ3) is 3.29. The summed E-state index contributed by atoms with van der Waals surface area (Å²) in [6.07, 6.45) is 0. The molecule has 0 N–H and O–H groups in total. The van der Waals surface area contributed by atoms with Crippen LogP contribution in [0.4, 0.5) is 4.39 Å². The number of carbonyl (C=O) groups excluding carboxylic acids is 1. The second-order valence-electron chi connectivity index (χ2n) is 3.69. The predicted octanol–water partition coefficient (Wildman–Crippen LogP) is 3.79. The first kappa shape index (κ1) is 13.0. The third-order valence-corrected chi connectivity index (χ3v) is 3.26. The van der Waals surface area contributed by atoms with Crippen LogP contribution >= 0.6 is 22.6 Å². The van der Waals surface area contributed by atoms with Gasteiger partial charge >= 0.3 is 5.97 Å². The Hall–Kier alpha value is -1.43. The molecule has 0 saturated heterocycles. The van der Waals surface area contributed by atoms with E-state index < -0.39 is 5.97 Å². The standard InChI is InChI=1S/C14H10FIO2/c15-11-6-7-12(13(16)8-11)14(17)18-9-10-4-2-1-3-5-10/h1-8H,9H2. The zero-order valence-electron chi connectivity index (χ0n) is 9.40. The topological polar surface area (TPSA) is 26.3 Å². The molecule has 18 heavy (non-hydrogen) atoms. The van der Waals surface area contributed by atoms with Crippen molar-refractivity contribution >= 4 is 28.6 Å². The zero-order valence-corrected chi connectivity index (χ0v) is 11.6. The summed E-state index contributed by atoms with van der Waals surface area (Å²) in [5.41, 5.74) is 1.30. The first-order valence-electron chi connectivity index (χ1n) is 5.33. The molecule has 0 aliphatic heterocycles. The molecule has 0 saturated carbocycles. The van der Waals surface area contributed by atoms with Gasteiger partial charge in [-0.2, -0.15) is 0 Å². The van der Waals surface area contributed by atoms with Crippen LogP contribution in [0.15, 0.2) is 48.5 Å². The summed E-state index contributed by atoms with van der Waals surface area (Å²) < 4.78 is 18.6. The first-order chi connectivity index (χ1) is 8.66. The van der Waals surface area contributed by atoms with Crippen molar-refractivity contribution in [2.45, 2.75) is 6.61 Å². The summed E-state index contributed by atoms with van der Waals surface area (Å²) in [5, 5.41) is 0. The molecular formula is C14H10FIO2. The van der Waals surface area contributed by atoms with Gasteiger partial charge in [-0.25, -0.2) is 9.18 Å². The lowest BCUT2D eigenvalue weighted by Crippen LogP contribution is -2.07. The molecule has 0 heterocycles. The van der Waals surface area contributed by atoms with Crippen LogP contribution in [0, 0.1) is 9.39 Å². The highest BCUT2D eigenvalue weighted by atomic mass is 127. The molecule has 0 fully saturated rings. The van der Waals surface area contributed by atoms with Gasteiger partial charge in [0.25, 0.3) is 0 Å². The van der Waals surface area contributed by atoms with Crippen molar-refractivity contribution in [3.8, 4) is 0 Å². The summed E-state index contributed by atoms with van der Waals surface area (Å²) in [4.78, 5) is 11.8. The van der Waals surface area contributed by atoms with E-state index in [9.17, 15) is 9.18 Å². The lowest BCUT2D eigenvalue weighted by Gasteiger charge is -2.06. The Kier molecular flexibility index (Phi) is 4.30. The number of rotatable bonds is 3. The molecule has 2 aromatic carbocycles. The number of carbonyl (C=O) groups is 1. The van der Waals surface area contributed by atoms with E-state index >= 15 is 0 Å². The molecule has 0 aliphatic carbocycles. The van der Waals surface area contributed by atoms with Gasteiger partial charge in [-0.1, -0.05) is 30.3 Å². The molecule has 2 nitrogen and oxygen atoms in total. The normalized spacial score (nSPS) is 10.1. The van der Waals surface area contributed by atoms with E-state index in [1.54, 1.807) is 0 Å². The fourth-order valence-corrected chi connectivity index (χ4v) is 2.15. The minimum Gasteiger partial charge on any atom is -0.457 e. The fraction of sp³-hybridized carbons (Fsp3) is 0.0714. The predicted molar refractivity (Wildman–Crippen MR) is 74.7 cm³/mol. The van der Waals surface area contributed by atoms with Crippen LogP contribution in [0.25, 0.3) is 0 Å². The quantitative estimate of drug-likeness (QED) is 0.618. The molecule has 0 radical (unpaired) electrons. The van der Waals surface area contributed by atoms with E-state index in [1.807, 2.05) is 52.9 Å². The van der Waals surface area contributed by atoms with Gasteiger partial charge < -0.3 is 4.74 Å². The maximum absolute atomic E-state index is 12.9. The molecule has 0 amide bonds. The molecule has 0 bridgehead atoms. The van der Waals surface area contributed by atoms with Gasteiger partial charge in [0.05, 0.1) is 5.56 Å². The Labute approximate surface area is 118 Å². The minimum absolute atomic E-state index is 0.215. The van der Waals surface area contributed by atoms with Crippen LogP contribution in [-0.2, 0) is 11.3 Å². The highest BCUT2D eigenvalue weighted by Gasteiger charge is 2.12. The Bertz CT molecular complexity index is 555. The fourth-order valence-electron chi connectivity index (χ4n) is 1.46. The van der Waals surface area contributed by atoms with Gasteiger partial charge in [0.1, 0.15) is 12.4 Å². The van der Waals surface area contributed by atoms with Crippen LogP contribution < -0.4 is 0 Å². The molecule has 0 aliphatic rings. The lowest BCUT2D eigenvalue weighted by molar-refractivity contribution is 0.0471. The van der Waals surface area contributed by atoms with E-state index in [0.29, 0.717) is 9.13 Å². The number of esters is 1. The van der Waals surface area contributed by atoms with Crippen LogP contribution in [0.2, 0.25) is 0 Å². The van der Waals surface area contributed by atoms with E-state index in [2.05, 4.69) is 0 Å². The number of hydrogen-bond donors (Lipinski definition) is 0. The van der Waals surface area contributed by atoms with E-state index in [0.717, 1.165) is 5.56 Å². The Morgan fingerprint density at radius 3 is 2.56 bits per heavy atom. The second-order valence-corrected chi connectivity index (χ2v) is 4.85. The summed E-state index contributed by atoms with van der Waals surface area (Å²) in [7, 11) is 0. The van der Waals surface area contributed by atoms with Crippen LogP contribution in [-0.4, -0.2) is 5.97 Å². The number of benzene rings is 2. The Morgan fingerprint density at radius 2 is 1.89 bits per heavy atom. The molecule has 0 unspecified atom stereocenters. The third-order valence-electron chi connectivity index (χ3n) is 2.36. The Balaban J connectivity index is 2.04. The van der Waals surface area contributed by atoms with E-state index in [-0.39, 0.29) is 12.4 Å². The van der Waals surface area contributed by atoms with Crippen LogP contribution in [0.3, 0.4) is 0 Å². The molecular weight excluding hydrogens is 346 g/mol. The molecule has 92 valence electrons. The van der Waals surface area contributed by atoms with Crippen molar-refractivity contribution in [3.05, 3.63) is 69.0 Å². The van der Waals surface area contributed by atoms with E-state index in [4.69, 9.17) is 4.74 Å². The molecule has 0 atom stereocenters. The monoisotopic (exact) mass is 356 g/mol. The average Bonchev–Trinajstić information content (AvgIpc) is 2.37. The highest BCUT2D eigenvalue weighted by molar-refractivity contribution is 14.1. The largest absolute Gasteiger partial charge is 0.457 e. The van der Waals surface area contributed by atoms with E-state index in [1.165, 1.54) is 18.2 Å². The molecule has 2 aromatic rings. The second kappa shape index (κ2) is 5.95. The maximum atomic E-state index is 12.9. The molecule has 2 rings (SSSR count). The van der Waals surface area contributed by atoms with Crippen molar-refractivity contribution in [3.63, 3.8) is 0 Å². The number of hydrogen-bond acceptors (Lipinski definition) is 2. The van der Waals surface area contributed by atoms with Crippen molar-refractivity contribution in [1.29, 1.82) is 0 Å². The number of halogens is 2. The smallest absolute Gasteiger partial charge is 0.339 e. The SMILES string of the molecule is O=C(OCc1ccccc1)c1ccc(F)cc1I. The lowest BCUT2D eigenvalue weighted by atomic mass is 10.2. The van der Waals surface area contributed by atoms with Gasteiger partial charge in [0, 0.05) is 3.57 Å². The Morgan fingerprint density at radius 1 is 1.17 bits per heavy atom. The van der Waals surface area contributed by atoms with Crippen LogP contribution in [0.1, 0.15) is 15.9 Å². The minimum atomic E-state index is -0.441. The zero-order chi connectivity index (χ0) is 13.0. The van der Waals surface area contributed by atoms with Crippen molar-refractivity contribution in [1.82, 2.24) is 0 Å². The average molecular weight is 356 g/mol. The molecule has 0 aromatic heterocycles. The van der Waals surface area contributed by atoms with Gasteiger partial charge in [0.2, 0.25) is 0 Å². The highest BCUT2D eigenvalue weighted by Crippen LogP contribution is 2.15. The number of ether oxygens (including phenoxy) is 1. The van der Waals surface area contributed by atoms with Gasteiger partial charge in [-0.3, -0.25) is 0 Å². The molecule has 4 heteroatoms. The molecule has 0 spiro atoms. The maximum Gasteiger partial charge on any atom is 0.339 e. The van der Waals surface area contributed by atoms with Gasteiger partial charge in [0.15, 0.2) is 0 Å². The van der Waals surface area contributed by atoms with Crippen LogP contribution in [0.5, 0.6) is 0 Å². The summed E-state index contributed by atoms with van der Waals surface area (Å²) >= 11 is 1.91. The first-order valence-corrected chi connectivity index (χ1v) is 6.41. The van der Waals surface area contributed by atoms with Crippen molar-refractivity contribution in [2.75, 3.05) is 0 Å². The van der Waals surface area contributed by atoms with Crippen molar-refractivity contribution in [2.24, 2.45) is 0 Å². The van der Waals surface area contributed by atoms with Gasteiger partial charge in [-0.05, 0) is 46.4 Å². The summed E-state index contributed by atoms with van der Waals surface area (Å²) in [6.45, 7) is 0.215. The van der Waals surface area contributed by atoms with Gasteiger partial charge in [-0.15, -0.1) is 0 Å². The summed E-state index contributed by atoms with van der Waals surface area (Å²) in [6, 6.07) is 13.4. The summed E-state index contributed by atoms with van der Waals surface area (Å²) in [5.74, 6) is -0.803.